The molecule has 0 saturated heterocycles. The predicted octanol–water partition coefficient (Wildman–Crippen LogP) is 2.71. The fourth-order valence-electron chi connectivity index (χ4n) is 1.12. The average molecular weight is 159 g/mol. The molecule has 0 aliphatic rings. The van der Waals surface area contributed by atoms with Gasteiger partial charge in [-0.05, 0) is 13.3 Å². The topological polar surface area (TPSA) is 32.3 Å². The molecule has 0 aromatic carbocycles. The van der Waals surface area contributed by atoms with Gasteiger partial charge in [-0.3, -0.25) is 0 Å². The van der Waals surface area contributed by atoms with E-state index < -0.39 is 0 Å². The summed E-state index contributed by atoms with van der Waals surface area (Å²) in [5.74, 6) is 0. The maximum atomic E-state index is 8.49. The van der Waals surface area contributed by atoms with Crippen LogP contribution in [0.5, 0.6) is 0 Å². The van der Waals surface area contributed by atoms with Gasteiger partial charge in [-0.2, -0.15) is 0 Å². The minimum atomic E-state index is 0.261. The highest BCUT2D eigenvalue weighted by atomic mass is 16.5. The Balaban J connectivity index is 2.89. The number of hydrogen-bond acceptors (Lipinski definition) is 2. The second-order valence-corrected chi connectivity index (χ2v) is 3.23. The Labute approximate surface area is 70.0 Å². The van der Waals surface area contributed by atoms with Crippen molar-refractivity contribution in [2.45, 2.75) is 58.4 Å². The van der Waals surface area contributed by atoms with Crippen LogP contribution in [0.2, 0.25) is 0 Å². The summed E-state index contributed by atoms with van der Waals surface area (Å²) in [4.78, 5) is 0. The summed E-state index contributed by atoms with van der Waals surface area (Å²) in [6.45, 7) is 4.22. The number of nitrogens with one attached hydrogen (secondary N) is 1. The number of hydroxylamine groups is 1. The standard InChI is InChI=1S/C9H21NO/c1-3-4-5-6-7-8-9(2)10-11/h9-11H,3-8H2,1-2H3. The quantitative estimate of drug-likeness (QED) is 0.442. The van der Waals surface area contributed by atoms with E-state index in [-0.39, 0.29) is 6.04 Å². The molecule has 2 nitrogen and oxygen atoms in total. The third-order valence-corrected chi connectivity index (χ3v) is 1.96. The van der Waals surface area contributed by atoms with Gasteiger partial charge >= 0.3 is 0 Å². The van der Waals surface area contributed by atoms with Crippen LogP contribution in [0.4, 0.5) is 0 Å². The molecule has 1 unspecified atom stereocenters. The van der Waals surface area contributed by atoms with Crippen molar-refractivity contribution in [3.63, 3.8) is 0 Å². The van der Waals surface area contributed by atoms with Crippen molar-refractivity contribution < 1.29 is 5.21 Å². The number of hydrogen-bond donors (Lipinski definition) is 2. The van der Waals surface area contributed by atoms with Gasteiger partial charge < -0.3 is 5.21 Å². The SMILES string of the molecule is CCCCCCCC(C)NO. The van der Waals surface area contributed by atoms with Crippen molar-refractivity contribution in [2.75, 3.05) is 0 Å². The van der Waals surface area contributed by atoms with E-state index in [1.807, 2.05) is 6.92 Å². The fraction of sp³-hybridized carbons (Fsp3) is 1.00. The summed E-state index contributed by atoms with van der Waals surface area (Å²) >= 11 is 0. The first-order valence-corrected chi connectivity index (χ1v) is 4.70. The third-order valence-electron chi connectivity index (χ3n) is 1.96. The van der Waals surface area contributed by atoms with Crippen molar-refractivity contribution in [1.29, 1.82) is 0 Å². The molecule has 0 rings (SSSR count). The average Bonchev–Trinajstić information content (AvgIpc) is 2.04. The van der Waals surface area contributed by atoms with Gasteiger partial charge in [0.2, 0.25) is 0 Å². The van der Waals surface area contributed by atoms with Crippen molar-refractivity contribution in [3.05, 3.63) is 0 Å². The first-order valence-electron chi connectivity index (χ1n) is 4.70. The third kappa shape index (κ3) is 7.82. The van der Waals surface area contributed by atoms with Crippen LogP contribution in [-0.4, -0.2) is 11.2 Å². The van der Waals surface area contributed by atoms with Crippen molar-refractivity contribution in [1.82, 2.24) is 5.48 Å². The molecule has 11 heavy (non-hydrogen) atoms. The molecule has 0 aromatic rings. The van der Waals surface area contributed by atoms with E-state index >= 15 is 0 Å². The lowest BCUT2D eigenvalue weighted by molar-refractivity contribution is 0.127. The molecule has 2 heteroatoms. The van der Waals surface area contributed by atoms with Gasteiger partial charge in [0.05, 0.1) is 0 Å². The van der Waals surface area contributed by atoms with Gasteiger partial charge in [-0.1, -0.05) is 39.0 Å². The minimum Gasteiger partial charge on any atom is -0.317 e. The molecule has 0 aliphatic carbocycles. The molecule has 0 radical (unpaired) electrons. The number of rotatable bonds is 7. The Morgan fingerprint density at radius 2 is 1.82 bits per heavy atom. The molecule has 0 aromatic heterocycles. The smallest absolute Gasteiger partial charge is 0.0291 e. The molecule has 0 aliphatic heterocycles. The van der Waals surface area contributed by atoms with Crippen molar-refractivity contribution in [2.24, 2.45) is 0 Å². The predicted molar refractivity (Wildman–Crippen MR) is 47.8 cm³/mol. The lowest BCUT2D eigenvalue weighted by Gasteiger charge is -2.07. The van der Waals surface area contributed by atoms with Crippen LogP contribution in [0.15, 0.2) is 0 Å². The van der Waals surface area contributed by atoms with Crippen LogP contribution < -0.4 is 5.48 Å². The van der Waals surface area contributed by atoms with Crippen LogP contribution in [0.3, 0.4) is 0 Å². The Morgan fingerprint density at radius 1 is 1.18 bits per heavy atom. The second-order valence-electron chi connectivity index (χ2n) is 3.23. The highest BCUT2D eigenvalue weighted by molar-refractivity contribution is 4.53. The highest BCUT2D eigenvalue weighted by Gasteiger charge is 1.97. The molecule has 0 saturated carbocycles. The van der Waals surface area contributed by atoms with Gasteiger partial charge in [0.25, 0.3) is 0 Å². The van der Waals surface area contributed by atoms with E-state index in [1.54, 1.807) is 0 Å². The first-order chi connectivity index (χ1) is 5.31. The maximum absolute atomic E-state index is 8.49. The van der Waals surface area contributed by atoms with Crippen LogP contribution in [0, 0.1) is 0 Å². The lowest BCUT2D eigenvalue weighted by Crippen LogP contribution is -2.21. The summed E-state index contributed by atoms with van der Waals surface area (Å²) < 4.78 is 0. The summed E-state index contributed by atoms with van der Waals surface area (Å²) in [6.07, 6.45) is 7.61. The summed E-state index contributed by atoms with van der Waals surface area (Å²) in [7, 11) is 0. The van der Waals surface area contributed by atoms with Gasteiger partial charge in [0, 0.05) is 6.04 Å². The zero-order valence-corrected chi connectivity index (χ0v) is 7.77. The minimum absolute atomic E-state index is 0.261. The maximum Gasteiger partial charge on any atom is 0.0291 e. The summed E-state index contributed by atoms with van der Waals surface area (Å²) in [6, 6.07) is 0.261. The second kappa shape index (κ2) is 8.02. The Hall–Kier alpha value is -0.0800. The largest absolute Gasteiger partial charge is 0.317 e. The number of unbranched alkanes of at least 4 members (excludes halogenated alkanes) is 4. The van der Waals surface area contributed by atoms with Crippen LogP contribution in [0.1, 0.15) is 52.4 Å². The molecule has 0 fully saturated rings. The van der Waals surface area contributed by atoms with Crippen LogP contribution in [-0.2, 0) is 0 Å². The van der Waals surface area contributed by atoms with E-state index in [1.165, 1.54) is 32.1 Å². The fourth-order valence-corrected chi connectivity index (χ4v) is 1.12. The van der Waals surface area contributed by atoms with E-state index in [0.717, 1.165) is 6.42 Å². The molecule has 0 spiro atoms. The first kappa shape index (κ1) is 10.9. The zero-order valence-electron chi connectivity index (χ0n) is 7.77. The summed E-state index contributed by atoms with van der Waals surface area (Å²) in [5.41, 5.74) is 2.26. The molecule has 0 bridgehead atoms. The normalized spacial score (nSPS) is 13.4. The molecule has 0 amide bonds. The molecule has 2 N–H and O–H groups in total. The van der Waals surface area contributed by atoms with Crippen molar-refractivity contribution >= 4 is 0 Å². The van der Waals surface area contributed by atoms with Crippen molar-refractivity contribution in [3.8, 4) is 0 Å². The van der Waals surface area contributed by atoms with Crippen LogP contribution in [0.25, 0.3) is 0 Å². The van der Waals surface area contributed by atoms with Gasteiger partial charge in [-0.15, -0.1) is 0 Å². The van der Waals surface area contributed by atoms with Gasteiger partial charge in [-0.25, -0.2) is 5.48 Å². The van der Waals surface area contributed by atoms with Crippen LogP contribution >= 0.6 is 0 Å². The monoisotopic (exact) mass is 159 g/mol. The van der Waals surface area contributed by atoms with Gasteiger partial charge in [0.15, 0.2) is 0 Å². The highest BCUT2D eigenvalue weighted by Crippen LogP contribution is 2.06. The Bertz CT molecular complexity index is 76.0. The molecule has 1 atom stereocenters. The molecular formula is C9H21NO. The molecular weight excluding hydrogens is 138 g/mol. The molecule has 0 heterocycles. The summed E-state index contributed by atoms with van der Waals surface area (Å²) in [5, 5.41) is 8.49. The Kier molecular flexibility index (Phi) is 7.96. The van der Waals surface area contributed by atoms with E-state index in [2.05, 4.69) is 12.4 Å². The van der Waals surface area contributed by atoms with E-state index in [9.17, 15) is 0 Å². The van der Waals surface area contributed by atoms with E-state index in [4.69, 9.17) is 5.21 Å². The molecule has 68 valence electrons. The van der Waals surface area contributed by atoms with Gasteiger partial charge in [0.1, 0.15) is 0 Å². The lowest BCUT2D eigenvalue weighted by atomic mass is 10.1. The zero-order chi connectivity index (χ0) is 8.53. The van der Waals surface area contributed by atoms with E-state index in [0.29, 0.717) is 0 Å². The Morgan fingerprint density at radius 3 is 2.36 bits per heavy atom.